The average Bonchev–Trinajstić information content (AvgIpc) is 3.06. The van der Waals surface area contributed by atoms with Crippen molar-refractivity contribution in [1.82, 2.24) is 14.3 Å². The predicted molar refractivity (Wildman–Crippen MR) is 74.1 cm³/mol. The molecule has 0 saturated carbocycles. The number of rotatable bonds is 1. The highest BCUT2D eigenvalue weighted by Crippen LogP contribution is 2.34. The smallest absolute Gasteiger partial charge is 0.150 e. The lowest BCUT2D eigenvalue weighted by atomic mass is 10.2. The van der Waals surface area contributed by atoms with Gasteiger partial charge in [-0.25, -0.2) is 9.36 Å². The summed E-state index contributed by atoms with van der Waals surface area (Å²) < 4.78 is 4.10. The van der Waals surface area contributed by atoms with E-state index in [4.69, 9.17) is 0 Å². The number of imidazole rings is 1. The Morgan fingerprint density at radius 1 is 1.39 bits per heavy atom. The van der Waals surface area contributed by atoms with E-state index in [0.29, 0.717) is 0 Å². The fourth-order valence-corrected chi connectivity index (χ4v) is 2.79. The molecule has 2 aromatic heterocycles. The molecule has 0 aliphatic carbocycles. The number of hydrogen-bond acceptors (Lipinski definition) is 5. The molecule has 90 valence electrons. The lowest BCUT2D eigenvalue weighted by Crippen LogP contribution is -2.15. The van der Waals surface area contributed by atoms with Crippen molar-refractivity contribution >= 4 is 33.9 Å². The fourth-order valence-electron chi connectivity index (χ4n) is 2.25. The van der Waals surface area contributed by atoms with E-state index in [1.165, 1.54) is 17.2 Å². The molecule has 1 aliphatic rings. The summed E-state index contributed by atoms with van der Waals surface area (Å²) in [5.74, 6) is 0.888. The molecule has 5 nitrogen and oxygen atoms in total. The van der Waals surface area contributed by atoms with Crippen LogP contribution < -0.4 is 10.2 Å². The first-order valence-corrected chi connectivity index (χ1v) is 6.48. The van der Waals surface area contributed by atoms with Gasteiger partial charge in [0.05, 0.1) is 34.0 Å². The van der Waals surface area contributed by atoms with Gasteiger partial charge in [-0.3, -0.25) is 0 Å². The molecule has 0 atom stereocenters. The first kappa shape index (κ1) is 9.90. The van der Waals surface area contributed by atoms with E-state index in [1.54, 1.807) is 6.20 Å². The van der Waals surface area contributed by atoms with Crippen molar-refractivity contribution in [2.45, 2.75) is 0 Å². The lowest BCUT2D eigenvalue weighted by molar-refractivity contribution is 1.03. The Balaban J connectivity index is 1.92. The van der Waals surface area contributed by atoms with Gasteiger partial charge in [0, 0.05) is 13.2 Å². The van der Waals surface area contributed by atoms with Crippen LogP contribution in [0.4, 0.5) is 11.4 Å². The van der Waals surface area contributed by atoms with Gasteiger partial charge in [0.1, 0.15) is 5.82 Å². The standard InChI is InChI=1S/C12H11N5S/c1-17-6-13-9-4-7-8(5-10(9)17)16-12(15-7)11-2-3-14-18-11/h2-5,13H,6H2,1H3,(H,15,16). The summed E-state index contributed by atoms with van der Waals surface area (Å²) in [6.07, 6.45) is 1.79. The molecule has 18 heavy (non-hydrogen) atoms. The van der Waals surface area contributed by atoms with Crippen molar-refractivity contribution in [3.63, 3.8) is 0 Å². The lowest BCUT2D eigenvalue weighted by Gasteiger charge is -2.08. The number of fused-ring (bicyclic) bond motifs is 2. The maximum atomic E-state index is 4.63. The van der Waals surface area contributed by atoms with Gasteiger partial charge in [-0.1, -0.05) is 0 Å². The van der Waals surface area contributed by atoms with Crippen LogP contribution in [-0.2, 0) is 0 Å². The van der Waals surface area contributed by atoms with E-state index in [1.807, 2.05) is 6.07 Å². The number of benzene rings is 1. The SMILES string of the molecule is CN1CNc2cc3[nH]c(-c4ccns4)nc3cc21. The molecule has 0 spiro atoms. The summed E-state index contributed by atoms with van der Waals surface area (Å²) in [4.78, 5) is 11.2. The van der Waals surface area contributed by atoms with Gasteiger partial charge in [-0.2, -0.15) is 0 Å². The van der Waals surface area contributed by atoms with E-state index >= 15 is 0 Å². The molecule has 3 heterocycles. The summed E-state index contributed by atoms with van der Waals surface area (Å²) in [5, 5.41) is 3.35. The fraction of sp³-hybridized carbons (Fsp3) is 0.167. The third kappa shape index (κ3) is 1.32. The molecule has 6 heteroatoms. The second-order valence-electron chi connectivity index (χ2n) is 4.38. The van der Waals surface area contributed by atoms with Crippen LogP contribution in [0, 0.1) is 0 Å². The number of nitrogens with one attached hydrogen (secondary N) is 2. The Hall–Kier alpha value is -2.08. The van der Waals surface area contributed by atoms with Gasteiger partial charge in [-0.05, 0) is 29.7 Å². The first-order valence-electron chi connectivity index (χ1n) is 5.71. The van der Waals surface area contributed by atoms with Crippen molar-refractivity contribution < 1.29 is 0 Å². The molecule has 1 aromatic carbocycles. The van der Waals surface area contributed by atoms with Crippen molar-refractivity contribution in [2.24, 2.45) is 0 Å². The maximum Gasteiger partial charge on any atom is 0.150 e. The third-order valence-corrected chi connectivity index (χ3v) is 3.94. The van der Waals surface area contributed by atoms with Crippen LogP contribution in [0.3, 0.4) is 0 Å². The molecule has 3 aromatic rings. The zero-order valence-electron chi connectivity index (χ0n) is 9.77. The van der Waals surface area contributed by atoms with Crippen LogP contribution >= 0.6 is 11.5 Å². The summed E-state index contributed by atoms with van der Waals surface area (Å²) in [7, 11) is 2.07. The van der Waals surface area contributed by atoms with Gasteiger partial charge in [0.25, 0.3) is 0 Å². The second kappa shape index (κ2) is 3.46. The number of aromatic nitrogens is 3. The van der Waals surface area contributed by atoms with Crippen molar-refractivity contribution in [3.05, 3.63) is 24.4 Å². The van der Waals surface area contributed by atoms with Gasteiger partial charge in [0.2, 0.25) is 0 Å². The van der Waals surface area contributed by atoms with E-state index < -0.39 is 0 Å². The Morgan fingerprint density at radius 2 is 2.33 bits per heavy atom. The minimum atomic E-state index is 0.851. The Kier molecular flexibility index (Phi) is 1.90. The van der Waals surface area contributed by atoms with E-state index in [0.717, 1.165) is 34.1 Å². The van der Waals surface area contributed by atoms with Gasteiger partial charge in [0.15, 0.2) is 0 Å². The molecule has 0 bridgehead atoms. The first-order chi connectivity index (χ1) is 8.81. The van der Waals surface area contributed by atoms with Gasteiger partial charge < -0.3 is 15.2 Å². The van der Waals surface area contributed by atoms with Crippen LogP contribution in [0.15, 0.2) is 24.4 Å². The second-order valence-corrected chi connectivity index (χ2v) is 5.21. The monoisotopic (exact) mass is 257 g/mol. The molecule has 0 fully saturated rings. The minimum absolute atomic E-state index is 0.851. The third-order valence-electron chi connectivity index (χ3n) is 3.19. The number of aromatic amines is 1. The Bertz CT molecular complexity index is 715. The van der Waals surface area contributed by atoms with Crippen LogP contribution in [-0.4, -0.2) is 28.1 Å². The number of H-pyrrole nitrogens is 1. The maximum absolute atomic E-state index is 4.63. The molecular formula is C12H11N5S. The minimum Gasteiger partial charge on any atom is -0.366 e. The summed E-state index contributed by atoms with van der Waals surface area (Å²) in [5.41, 5.74) is 4.40. The van der Waals surface area contributed by atoms with Crippen LogP contribution in [0.5, 0.6) is 0 Å². The topological polar surface area (TPSA) is 56.8 Å². The van der Waals surface area contributed by atoms with Gasteiger partial charge >= 0.3 is 0 Å². The number of nitrogens with zero attached hydrogens (tertiary/aromatic N) is 3. The average molecular weight is 257 g/mol. The molecule has 0 amide bonds. The van der Waals surface area contributed by atoms with E-state index in [9.17, 15) is 0 Å². The van der Waals surface area contributed by atoms with Gasteiger partial charge in [-0.15, -0.1) is 0 Å². The zero-order chi connectivity index (χ0) is 12.1. The van der Waals surface area contributed by atoms with Crippen LogP contribution in [0.1, 0.15) is 0 Å². The Labute approximate surface area is 108 Å². The van der Waals surface area contributed by atoms with Crippen molar-refractivity contribution in [3.8, 4) is 10.7 Å². The summed E-state index contributed by atoms with van der Waals surface area (Å²) in [6, 6.07) is 6.21. The largest absolute Gasteiger partial charge is 0.366 e. The van der Waals surface area contributed by atoms with E-state index in [2.05, 4.69) is 43.7 Å². The Morgan fingerprint density at radius 3 is 3.17 bits per heavy atom. The summed E-state index contributed by atoms with van der Waals surface area (Å²) >= 11 is 1.45. The molecule has 0 unspecified atom stereocenters. The quantitative estimate of drug-likeness (QED) is 0.703. The predicted octanol–water partition coefficient (Wildman–Crippen LogP) is 2.51. The van der Waals surface area contributed by atoms with Crippen molar-refractivity contribution in [1.29, 1.82) is 0 Å². The molecule has 1 aliphatic heterocycles. The molecule has 4 rings (SSSR count). The molecule has 0 radical (unpaired) electrons. The van der Waals surface area contributed by atoms with E-state index in [-0.39, 0.29) is 0 Å². The van der Waals surface area contributed by atoms with Crippen molar-refractivity contribution in [2.75, 3.05) is 23.9 Å². The highest BCUT2D eigenvalue weighted by atomic mass is 32.1. The van der Waals surface area contributed by atoms with Crippen LogP contribution in [0.25, 0.3) is 21.7 Å². The highest BCUT2D eigenvalue weighted by molar-refractivity contribution is 7.09. The zero-order valence-corrected chi connectivity index (χ0v) is 10.6. The molecule has 0 saturated heterocycles. The molecular weight excluding hydrogens is 246 g/mol. The number of anilines is 2. The summed E-state index contributed by atoms with van der Waals surface area (Å²) in [6.45, 7) is 0.851. The van der Waals surface area contributed by atoms with Crippen LogP contribution in [0.2, 0.25) is 0 Å². The normalized spacial score (nSPS) is 13.9. The highest BCUT2D eigenvalue weighted by Gasteiger charge is 2.17. The molecule has 2 N–H and O–H groups in total. The number of hydrogen-bond donors (Lipinski definition) is 2.